The van der Waals surface area contributed by atoms with Crippen molar-refractivity contribution in [3.8, 4) is 0 Å². The second kappa shape index (κ2) is 7.24. The van der Waals surface area contributed by atoms with Gasteiger partial charge >= 0.3 is 0 Å². The summed E-state index contributed by atoms with van der Waals surface area (Å²) in [6, 6.07) is 19.9. The van der Waals surface area contributed by atoms with Crippen LogP contribution in [0, 0.1) is 5.92 Å². The minimum atomic E-state index is 0.286. The summed E-state index contributed by atoms with van der Waals surface area (Å²) in [7, 11) is 0. The van der Waals surface area contributed by atoms with Gasteiger partial charge in [0.25, 0.3) is 0 Å². The van der Waals surface area contributed by atoms with E-state index in [2.05, 4.69) is 64.8 Å². The zero-order valence-corrected chi connectivity index (χ0v) is 16.7. The van der Waals surface area contributed by atoms with Gasteiger partial charge in [-0.15, -0.1) is 0 Å². The molecule has 2 bridgehead atoms. The molecule has 2 nitrogen and oxygen atoms in total. The fourth-order valence-corrected chi connectivity index (χ4v) is 6.21. The summed E-state index contributed by atoms with van der Waals surface area (Å²) in [5.41, 5.74) is 3.28. The van der Waals surface area contributed by atoms with E-state index in [-0.39, 0.29) is 5.54 Å². The van der Waals surface area contributed by atoms with E-state index in [4.69, 9.17) is 11.6 Å². The van der Waals surface area contributed by atoms with Gasteiger partial charge in [0.1, 0.15) is 0 Å². The molecule has 4 fully saturated rings. The Labute approximate surface area is 167 Å². The van der Waals surface area contributed by atoms with Gasteiger partial charge in [-0.05, 0) is 86.3 Å². The van der Waals surface area contributed by atoms with Crippen LogP contribution in [-0.2, 0) is 0 Å². The first-order valence-electron chi connectivity index (χ1n) is 10.5. The van der Waals surface area contributed by atoms with Crippen molar-refractivity contribution >= 4 is 11.6 Å². The number of likely N-dealkylation sites (tertiary alicyclic amines) is 1. The smallest absolute Gasteiger partial charge is 0.0406 e. The van der Waals surface area contributed by atoms with Crippen LogP contribution >= 0.6 is 11.6 Å². The van der Waals surface area contributed by atoms with E-state index < -0.39 is 0 Å². The number of nitrogens with one attached hydrogen (secondary N) is 1. The molecular weight excluding hydrogens is 352 g/mol. The molecule has 2 aromatic rings. The van der Waals surface area contributed by atoms with Gasteiger partial charge in [-0.25, -0.2) is 0 Å². The largest absolute Gasteiger partial charge is 0.315 e. The van der Waals surface area contributed by atoms with Crippen molar-refractivity contribution in [1.29, 1.82) is 0 Å². The molecule has 6 rings (SSSR count). The predicted molar refractivity (Wildman–Crippen MR) is 113 cm³/mol. The lowest BCUT2D eigenvalue weighted by molar-refractivity contribution is 0.0543. The minimum Gasteiger partial charge on any atom is -0.315 e. The second-order valence-corrected chi connectivity index (χ2v) is 9.23. The summed E-state index contributed by atoms with van der Waals surface area (Å²) in [6.07, 6.45) is 5.27. The Balaban J connectivity index is 1.58. The molecule has 142 valence electrons. The quantitative estimate of drug-likeness (QED) is 0.801. The molecule has 0 aromatic heterocycles. The highest BCUT2D eigenvalue weighted by atomic mass is 35.5. The number of halogens is 1. The van der Waals surface area contributed by atoms with Crippen molar-refractivity contribution in [1.82, 2.24) is 10.2 Å². The number of hydrogen-bond acceptors (Lipinski definition) is 2. The standard InChI is InChI=1S/C24H29ClN2/c25-20-10-8-19(9-11-20)22-15-24(27-12-4-5-13-27)14-21(23(22)16-26-17-24)18-6-2-1-3-7-18/h1-3,6-11,21-23,26H,4-5,12-17H2. The molecule has 3 heteroatoms. The van der Waals surface area contributed by atoms with Gasteiger partial charge in [0, 0.05) is 17.1 Å². The SMILES string of the molecule is Clc1ccc(C2CC3(N4CCCC4)CNCC2C(c2ccccc2)C3)cc1. The van der Waals surface area contributed by atoms with Gasteiger partial charge < -0.3 is 5.32 Å². The van der Waals surface area contributed by atoms with Gasteiger partial charge in [0.05, 0.1) is 0 Å². The first-order chi connectivity index (χ1) is 13.3. The highest BCUT2D eigenvalue weighted by Gasteiger charge is 2.51. The Bertz CT molecular complexity index is 769. The normalized spacial score (nSPS) is 33.9. The first kappa shape index (κ1) is 17.7. The lowest BCUT2D eigenvalue weighted by Gasteiger charge is -2.50. The summed E-state index contributed by atoms with van der Waals surface area (Å²) in [5, 5.41) is 4.71. The monoisotopic (exact) mass is 380 g/mol. The van der Waals surface area contributed by atoms with E-state index >= 15 is 0 Å². The molecule has 0 spiro atoms. The van der Waals surface area contributed by atoms with Gasteiger partial charge in [-0.3, -0.25) is 4.90 Å². The third-order valence-corrected chi connectivity index (χ3v) is 7.62. The van der Waals surface area contributed by atoms with Crippen LogP contribution in [0.25, 0.3) is 0 Å². The molecule has 27 heavy (non-hydrogen) atoms. The van der Waals surface area contributed by atoms with Crippen LogP contribution < -0.4 is 5.32 Å². The van der Waals surface area contributed by atoms with Gasteiger partial charge in [0.15, 0.2) is 0 Å². The fraction of sp³-hybridized carbons (Fsp3) is 0.500. The Morgan fingerprint density at radius 2 is 1.48 bits per heavy atom. The van der Waals surface area contributed by atoms with Crippen LogP contribution in [0.4, 0.5) is 0 Å². The molecule has 3 aliphatic heterocycles. The van der Waals surface area contributed by atoms with Gasteiger partial charge in [-0.2, -0.15) is 0 Å². The maximum atomic E-state index is 6.20. The zero-order chi connectivity index (χ0) is 18.3. The van der Waals surface area contributed by atoms with Gasteiger partial charge in [-0.1, -0.05) is 54.1 Å². The van der Waals surface area contributed by atoms with E-state index in [1.54, 1.807) is 0 Å². The zero-order valence-electron chi connectivity index (χ0n) is 15.9. The molecule has 3 heterocycles. The molecule has 2 aromatic carbocycles. The van der Waals surface area contributed by atoms with E-state index in [9.17, 15) is 0 Å². The molecule has 4 unspecified atom stereocenters. The van der Waals surface area contributed by atoms with E-state index in [1.165, 1.54) is 49.9 Å². The Kier molecular flexibility index (Phi) is 4.75. The summed E-state index contributed by atoms with van der Waals surface area (Å²) in [4.78, 5) is 2.82. The lowest BCUT2D eigenvalue weighted by atomic mass is 9.61. The van der Waals surface area contributed by atoms with Crippen LogP contribution in [0.15, 0.2) is 54.6 Å². The molecular formula is C24H29ClN2. The van der Waals surface area contributed by atoms with Crippen molar-refractivity contribution in [2.45, 2.75) is 43.1 Å². The topological polar surface area (TPSA) is 15.3 Å². The Hall–Kier alpha value is -1.35. The summed E-state index contributed by atoms with van der Waals surface area (Å²) >= 11 is 6.20. The third-order valence-electron chi connectivity index (χ3n) is 7.37. The van der Waals surface area contributed by atoms with E-state index in [0.717, 1.165) is 18.1 Å². The minimum absolute atomic E-state index is 0.286. The van der Waals surface area contributed by atoms with Gasteiger partial charge in [0.2, 0.25) is 0 Å². The Morgan fingerprint density at radius 1 is 0.852 bits per heavy atom. The molecule has 1 aliphatic carbocycles. The van der Waals surface area contributed by atoms with Crippen molar-refractivity contribution in [3.05, 3.63) is 70.7 Å². The molecule has 1 N–H and O–H groups in total. The average Bonchev–Trinajstić information content (AvgIpc) is 3.12. The molecule has 0 amide bonds. The number of nitrogens with zero attached hydrogens (tertiary/aromatic N) is 1. The van der Waals surface area contributed by atoms with Crippen LogP contribution in [0.1, 0.15) is 48.6 Å². The fourth-order valence-electron chi connectivity index (χ4n) is 6.09. The highest BCUT2D eigenvalue weighted by molar-refractivity contribution is 6.30. The summed E-state index contributed by atoms with van der Waals surface area (Å²) < 4.78 is 0. The maximum Gasteiger partial charge on any atom is 0.0406 e. The van der Waals surface area contributed by atoms with Crippen LogP contribution in [0.5, 0.6) is 0 Å². The molecule has 4 aliphatic rings. The van der Waals surface area contributed by atoms with Crippen molar-refractivity contribution < 1.29 is 0 Å². The third kappa shape index (κ3) is 3.22. The predicted octanol–water partition coefficient (Wildman–Crippen LogP) is 5.06. The molecule has 1 saturated carbocycles. The van der Waals surface area contributed by atoms with Crippen molar-refractivity contribution in [3.63, 3.8) is 0 Å². The average molecular weight is 381 g/mol. The highest BCUT2D eigenvalue weighted by Crippen LogP contribution is 2.53. The number of hydrogen-bond donors (Lipinski definition) is 1. The number of fused-ring (bicyclic) bond motifs is 4. The molecule has 3 saturated heterocycles. The Morgan fingerprint density at radius 3 is 2.15 bits per heavy atom. The van der Waals surface area contributed by atoms with Crippen LogP contribution in [-0.4, -0.2) is 36.6 Å². The summed E-state index contributed by atoms with van der Waals surface area (Å²) in [6.45, 7) is 4.78. The maximum absolute atomic E-state index is 6.20. The first-order valence-corrected chi connectivity index (χ1v) is 10.9. The van der Waals surface area contributed by atoms with Crippen molar-refractivity contribution in [2.75, 3.05) is 26.2 Å². The van der Waals surface area contributed by atoms with Crippen molar-refractivity contribution in [2.24, 2.45) is 5.92 Å². The van der Waals surface area contributed by atoms with E-state index in [0.29, 0.717) is 17.8 Å². The van der Waals surface area contributed by atoms with E-state index in [1.807, 2.05) is 0 Å². The van der Waals surface area contributed by atoms with Crippen LogP contribution in [0.3, 0.4) is 0 Å². The molecule has 0 radical (unpaired) electrons. The molecule has 4 atom stereocenters. The summed E-state index contributed by atoms with van der Waals surface area (Å²) in [5.74, 6) is 1.86. The van der Waals surface area contributed by atoms with Crippen LogP contribution in [0.2, 0.25) is 5.02 Å². The number of benzene rings is 2. The second-order valence-electron chi connectivity index (χ2n) is 8.80. The number of rotatable bonds is 3. The lowest BCUT2D eigenvalue weighted by Crippen LogP contribution is -2.55.